The normalized spacial score (nSPS) is 27.4. The fourth-order valence-corrected chi connectivity index (χ4v) is 2.58. The predicted octanol–water partition coefficient (Wildman–Crippen LogP) is 2.65. The fourth-order valence-electron chi connectivity index (χ4n) is 2.58. The van der Waals surface area contributed by atoms with Crippen LogP contribution >= 0.6 is 0 Å². The average Bonchev–Trinajstić information content (AvgIpc) is 2.05. The highest BCUT2D eigenvalue weighted by molar-refractivity contribution is 5.71. The van der Waals surface area contributed by atoms with Crippen molar-refractivity contribution in [3.05, 3.63) is 0 Å². The average molecular weight is 212 g/mol. The summed E-state index contributed by atoms with van der Waals surface area (Å²) in [5.41, 5.74) is 5.53. The molecule has 0 radical (unpaired) electrons. The molecule has 0 unspecified atom stereocenters. The second-order valence-electron chi connectivity index (χ2n) is 5.99. The Morgan fingerprint density at radius 2 is 1.80 bits per heavy atom. The van der Waals surface area contributed by atoms with Crippen LogP contribution in [0.4, 0.5) is 4.79 Å². The summed E-state index contributed by atoms with van der Waals surface area (Å²) in [5, 5.41) is 2.80. The van der Waals surface area contributed by atoms with Crippen LogP contribution < -0.4 is 11.1 Å². The van der Waals surface area contributed by atoms with Crippen LogP contribution in [0, 0.1) is 11.3 Å². The summed E-state index contributed by atoms with van der Waals surface area (Å²) < 4.78 is 0. The van der Waals surface area contributed by atoms with Gasteiger partial charge in [-0.3, -0.25) is 0 Å². The van der Waals surface area contributed by atoms with Crippen molar-refractivity contribution in [1.82, 2.24) is 5.32 Å². The molecule has 15 heavy (non-hydrogen) atoms. The molecular formula is C12H24N2O. The Bertz CT molecular complexity index is 212. The third kappa shape index (κ3) is 5.05. The van der Waals surface area contributed by atoms with Gasteiger partial charge in [0, 0.05) is 6.04 Å². The number of hydrogen-bond donors (Lipinski definition) is 2. The molecule has 0 spiro atoms. The molecule has 0 aromatic rings. The van der Waals surface area contributed by atoms with E-state index in [0.717, 1.165) is 18.8 Å². The second kappa shape index (κ2) is 4.86. The van der Waals surface area contributed by atoms with Crippen LogP contribution in [0.2, 0.25) is 0 Å². The molecule has 3 nitrogen and oxygen atoms in total. The molecule has 2 amide bonds. The molecule has 0 saturated heterocycles. The maximum absolute atomic E-state index is 10.7. The van der Waals surface area contributed by atoms with E-state index in [9.17, 15) is 4.79 Å². The van der Waals surface area contributed by atoms with Crippen molar-refractivity contribution in [2.24, 2.45) is 17.1 Å². The van der Waals surface area contributed by atoms with Crippen LogP contribution in [0.5, 0.6) is 0 Å². The standard InChI is InChI=1S/C12H24N2O/c1-12(2,3)8-9-4-6-10(7-5-9)14-11(13)15/h9-10H,4-8H2,1-3H3,(H3,13,14,15)/t9-,10-. The molecule has 0 aromatic heterocycles. The van der Waals surface area contributed by atoms with E-state index in [-0.39, 0.29) is 6.03 Å². The lowest BCUT2D eigenvalue weighted by molar-refractivity contribution is 0.209. The van der Waals surface area contributed by atoms with Gasteiger partial charge in [-0.05, 0) is 43.4 Å². The van der Waals surface area contributed by atoms with E-state index in [4.69, 9.17) is 5.73 Å². The number of nitrogens with one attached hydrogen (secondary N) is 1. The van der Waals surface area contributed by atoms with Crippen LogP contribution in [0.25, 0.3) is 0 Å². The first-order valence-corrected chi connectivity index (χ1v) is 5.93. The largest absolute Gasteiger partial charge is 0.352 e. The van der Waals surface area contributed by atoms with E-state index in [1.165, 1.54) is 19.3 Å². The first kappa shape index (κ1) is 12.3. The summed E-state index contributed by atoms with van der Waals surface area (Å²) in [4.78, 5) is 10.7. The van der Waals surface area contributed by atoms with Gasteiger partial charge in [0.1, 0.15) is 0 Å². The molecule has 3 N–H and O–H groups in total. The summed E-state index contributed by atoms with van der Waals surface area (Å²) in [6, 6.07) is -0.0620. The van der Waals surface area contributed by atoms with E-state index >= 15 is 0 Å². The van der Waals surface area contributed by atoms with Gasteiger partial charge in [0.15, 0.2) is 0 Å². The monoisotopic (exact) mass is 212 g/mol. The Kier molecular flexibility index (Phi) is 4.00. The van der Waals surface area contributed by atoms with Gasteiger partial charge < -0.3 is 11.1 Å². The Hall–Kier alpha value is -0.730. The van der Waals surface area contributed by atoms with Gasteiger partial charge in [0.05, 0.1) is 0 Å². The molecule has 0 atom stereocenters. The van der Waals surface area contributed by atoms with E-state index in [2.05, 4.69) is 26.1 Å². The number of primary amides is 1. The summed E-state index contributed by atoms with van der Waals surface area (Å²) in [6.07, 6.45) is 5.91. The molecule has 1 rings (SSSR count). The molecule has 1 aliphatic rings. The minimum absolute atomic E-state index is 0.318. The lowest BCUT2D eigenvalue weighted by Gasteiger charge is -2.32. The van der Waals surface area contributed by atoms with Gasteiger partial charge in [-0.25, -0.2) is 4.79 Å². The van der Waals surface area contributed by atoms with Crippen molar-refractivity contribution in [3.8, 4) is 0 Å². The third-order valence-electron chi connectivity index (χ3n) is 3.09. The van der Waals surface area contributed by atoms with Crippen LogP contribution in [0.1, 0.15) is 52.9 Å². The van der Waals surface area contributed by atoms with Crippen molar-refractivity contribution in [2.45, 2.75) is 58.9 Å². The number of urea groups is 1. The molecule has 3 heteroatoms. The van der Waals surface area contributed by atoms with Gasteiger partial charge in [0.2, 0.25) is 0 Å². The summed E-state index contributed by atoms with van der Waals surface area (Å²) in [5.74, 6) is 0.830. The zero-order valence-corrected chi connectivity index (χ0v) is 10.2. The fraction of sp³-hybridized carbons (Fsp3) is 0.917. The van der Waals surface area contributed by atoms with Gasteiger partial charge >= 0.3 is 6.03 Å². The van der Waals surface area contributed by atoms with E-state index < -0.39 is 0 Å². The topological polar surface area (TPSA) is 55.1 Å². The van der Waals surface area contributed by atoms with Gasteiger partial charge in [-0.1, -0.05) is 20.8 Å². The zero-order chi connectivity index (χ0) is 11.5. The van der Waals surface area contributed by atoms with Crippen molar-refractivity contribution < 1.29 is 4.79 Å². The molecular weight excluding hydrogens is 188 g/mol. The summed E-state index contributed by atoms with van der Waals surface area (Å²) in [6.45, 7) is 6.88. The molecule has 0 aromatic carbocycles. The van der Waals surface area contributed by atoms with Crippen LogP contribution in [-0.4, -0.2) is 12.1 Å². The number of carbonyl (C=O) groups excluding carboxylic acids is 1. The zero-order valence-electron chi connectivity index (χ0n) is 10.2. The Labute approximate surface area is 92.8 Å². The number of hydrogen-bond acceptors (Lipinski definition) is 1. The van der Waals surface area contributed by atoms with Crippen molar-refractivity contribution in [3.63, 3.8) is 0 Å². The van der Waals surface area contributed by atoms with Crippen LogP contribution in [0.3, 0.4) is 0 Å². The van der Waals surface area contributed by atoms with Crippen LogP contribution in [-0.2, 0) is 0 Å². The quantitative estimate of drug-likeness (QED) is 0.726. The van der Waals surface area contributed by atoms with Gasteiger partial charge in [-0.15, -0.1) is 0 Å². The predicted molar refractivity (Wildman–Crippen MR) is 62.5 cm³/mol. The number of amides is 2. The summed E-state index contributed by atoms with van der Waals surface area (Å²) >= 11 is 0. The number of nitrogens with two attached hydrogens (primary N) is 1. The number of rotatable bonds is 2. The van der Waals surface area contributed by atoms with E-state index in [1.807, 2.05) is 0 Å². The maximum Gasteiger partial charge on any atom is 0.312 e. The minimum atomic E-state index is -0.380. The number of carbonyl (C=O) groups is 1. The highest BCUT2D eigenvalue weighted by Gasteiger charge is 2.25. The third-order valence-corrected chi connectivity index (χ3v) is 3.09. The van der Waals surface area contributed by atoms with E-state index in [1.54, 1.807) is 0 Å². The maximum atomic E-state index is 10.7. The van der Waals surface area contributed by atoms with Crippen LogP contribution in [0.15, 0.2) is 0 Å². The lowest BCUT2D eigenvalue weighted by Crippen LogP contribution is -2.41. The Morgan fingerprint density at radius 1 is 1.27 bits per heavy atom. The minimum Gasteiger partial charge on any atom is -0.352 e. The van der Waals surface area contributed by atoms with Gasteiger partial charge in [-0.2, -0.15) is 0 Å². The lowest BCUT2D eigenvalue weighted by atomic mass is 9.76. The highest BCUT2D eigenvalue weighted by Crippen LogP contribution is 2.34. The first-order chi connectivity index (χ1) is 6.87. The molecule has 0 heterocycles. The molecule has 1 fully saturated rings. The highest BCUT2D eigenvalue weighted by atomic mass is 16.2. The Morgan fingerprint density at radius 3 is 2.20 bits per heavy atom. The second-order valence-corrected chi connectivity index (χ2v) is 5.99. The Balaban J connectivity index is 2.27. The molecule has 1 aliphatic carbocycles. The smallest absolute Gasteiger partial charge is 0.312 e. The molecule has 1 saturated carbocycles. The first-order valence-electron chi connectivity index (χ1n) is 5.93. The SMILES string of the molecule is CC(C)(C)C[C@H]1CC[C@H](NC(N)=O)CC1. The van der Waals surface area contributed by atoms with Crippen molar-refractivity contribution in [2.75, 3.05) is 0 Å². The van der Waals surface area contributed by atoms with E-state index in [0.29, 0.717) is 11.5 Å². The van der Waals surface area contributed by atoms with Crippen molar-refractivity contribution >= 4 is 6.03 Å². The van der Waals surface area contributed by atoms with Gasteiger partial charge in [0.25, 0.3) is 0 Å². The molecule has 0 bridgehead atoms. The molecule has 0 aliphatic heterocycles. The van der Waals surface area contributed by atoms with Crippen molar-refractivity contribution in [1.29, 1.82) is 0 Å². The summed E-state index contributed by atoms with van der Waals surface area (Å²) in [7, 11) is 0. The molecule has 88 valence electrons.